The summed E-state index contributed by atoms with van der Waals surface area (Å²) in [6, 6.07) is 11.4. The molecule has 0 spiro atoms. The van der Waals surface area contributed by atoms with E-state index in [1.807, 2.05) is 23.9 Å². The van der Waals surface area contributed by atoms with Crippen LogP contribution in [0.1, 0.15) is 29.7 Å². The molecule has 192 valence electrons. The highest BCUT2D eigenvalue weighted by atomic mass is 19.4. The minimum Gasteiger partial charge on any atom is -0.354 e. The maximum Gasteiger partial charge on any atom is 0.416 e. The van der Waals surface area contributed by atoms with Gasteiger partial charge in [-0.1, -0.05) is 23.4 Å². The molecule has 1 aromatic carbocycles. The molecule has 1 saturated heterocycles. The zero-order valence-electron chi connectivity index (χ0n) is 20.3. The molecule has 4 heterocycles. The molecular weight excluding hydrogens is 483 g/mol. The Hall–Kier alpha value is -3.73. The van der Waals surface area contributed by atoms with Crippen LogP contribution in [0.5, 0.6) is 0 Å². The third-order valence-corrected chi connectivity index (χ3v) is 6.94. The second kappa shape index (κ2) is 9.29. The molecule has 0 unspecified atom stereocenters. The minimum atomic E-state index is -4.40. The van der Waals surface area contributed by atoms with Gasteiger partial charge in [0.25, 0.3) is 5.89 Å². The van der Waals surface area contributed by atoms with Crippen LogP contribution in [0.15, 0.2) is 53.2 Å². The molecule has 0 N–H and O–H groups in total. The third kappa shape index (κ3) is 5.08. The monoisotopic (exact) mass is 509 g/mol. The second-order valence-corrected chi connectivity index (χ2v) is 9.61. The Balaban J connectivity index is 1.11. The van der Waals surface area contributed by atoms with Crippen molar-refractivity contribution in [1.82, 2.24) is 29.8 Å². The minimum absolute atomic E-state index is 0.202. The van der Waals surface area contributed by atoms with E-state index in [2.05, 4.69) is 37.2 Å². The number of piperazine rings is 1. The van der Waals surface area contributed by atoms with Crippen molar-refractivity contribution < 1.29 is 17.7 Å². The number of aryl methyl sites for hydroxylation is 1. The molecule has 11 heteroatoms. The van der Waals surface area contributed by atoms with E-state index < -0.39 is 11.7 Å². The first-order valence-corrected chi connectivity index (χ1v) is 12.3. The Morgan fingerprint density at radius 1 is 1.00 bits per heavy atom. The number of nitrogens with zero attached hydrogens (tertiary/aromatic N) is 7. The topological polar surface area (TPSA) is 76.1 Å². The Labute approximate surface area is 211 Å². The van der Waals surface area contributed by atoms with Gasteiger partial charge < -0.3 is 9.42 Å². The Morgan fingerprint density at radius 2 is 1.76 bits per heavy atom. The molecule has 0 atom stereocenters. The first kappa shape index (κ1) is 23.7. The normalized spacial score (nSPS) is 16.9. The van der Waals surface area contributed by atoms with Crippen molar-refractivity contribution >= 4 is 5.82 Å². The van der Waals surface area contributed by atoms with Crippen LogP contribution in [0.4, 0.5) is 19.0 Å². The average Bonchev–Trinajstić information content (AvgIpc) is 3.52. The molecule has 1 saturated carbocycles. The molecule has 0 bridgehead atoms. The van der Waals surface area contributed by atoms with Crippen molar-refractivity contribution in [1.29, 1.82) is 0 Å². The smallest absolute Gasteiger partial charge is 0.354 e. The highest BCUT2D eigenvalue weighted by Gasteiger charge is 2.32. The first-order valence-electron chi connectivity index (χ1n) is 12.3. The third-order valence-electron chi connectivity index (χ3n) is 6.94. The number of hydrogen-bond acceptors (Lipinski definition) is 7. The van der Waals surface area contributed by atoms with Gasteiger partial charge in [-0.15, -0.1) is 0 Å². The first-order chi connectivity index (χ1) is 17.8. The molecule has 3 aromatic heterocycles. The van der Waals surface area contributed by atoms with Crippen LogP contribution in [0.2, 0.25) is 0 Å². The van der Waals surface area contributed by atoms with Crippen molar-refractivity contribution in [3.63, 3.8) is 0 Å². The van der Waals surface area contributed by atoms with Crippen LogP contribution < -0.4 is 4.90 Å². The van der Waals surface area contributed by atoms with Gasteiger partial charge in [0, 0.05) is 49.7 Å². The number of alkyl halides is 3. The van der Waals surface area contributed by atoms with Crippen molar-refractivity contribution in [2.45, 2.75) is 38.5 Å². The fraction of sp³-hybridized carbons (Fsp3) is 0.385. The van der Waals surface area contributed by atoms with E-state index in [4.69, 9.17) is 9.51 Å². The van der Waals surface area contributed by atoms with Crippen LogP contribution in [0, 0.1) is 6.92 Å². The van der Waals surface area contributed by atoms with Gasteiger partial charge in [0.1, 0.15) is 5.82 Å². The molecule has 1 aliphatic heterocycles. The molecular formula is C26H26F3N7O. The van der Waals surface area contributed by atoms with Gasteiger partial charge in [-0.3, -0.25) is 9.58 Å². The van der Waals surface area contributed by atoms with Crippen molar-refractivity contribution in [2.24, 2.45) is 0 Å². The summed E-state index contributed by atoms with van der Waals surface area (Å²) >= 11 is 0. The molecule has 2 fully saturated rings. The van der Waals surface area contributed by atoms with Gasteiger partial charge in [0.2, 0.25) is 5.82 Å². The van der Waals surface area contributed by atoms with Crippen molar-refractivity contribution in [3.8, 4) is 23.0 Å². The Kier molecular flexibility index (Phi) is 5.94. The lowest BCUT2D eigenvalue weighted by molar-refractivity contribution is -0.137. The fourth-order valence-electron chi connectivity index (χ4n) is 4.65. The fourth-order valence-corrected chi connectivity index (χ4v) is 4.65. The maximum atomic E-state index is 12.8. The van der Waals surface area contributed by atoms with E-state index in [0.717, 1.165) is 61.4 Å². The molecule has 37 heavy (non-hydrogen) atoms. The summed E-state index contributed by atoms with van der Waals surface area (Å²) in [6.07, 6.45) is 0.174. The predicted molar refractivity (Wildman–Crippen MR) is 131 cm³/mol. The van der Waals surface area contributed by atoms with Crippen molar-refractivity contribution in [2.75, 3.05) is 31.1 Å². The average molecular weight is 510 g/mol. The number of pyridine rings is 1. The van der Waals surface area contributed by atoms with Crippen LogP contribution in [0.25, 0.3) is 23.0 Å². The number of halogens is 3. The summed E-state index contributed by atoms with van der Waals surface area (Å²) in [5.41, 5.74) is 2.13. The van der Waals surface area contributed by atoms with Gasteiger partial charge in [0.05, 0.1) is 12.1 Å². The molecule has 0 radical (unpaired) electrons. The van der Waals surface area contributed by atoms with E-state index in [0.29, 0.717) is 17.8 Å². The van der Waals surface area contributed by atoms with E-state index in [1.54, 1.807) is 0 Å². The van der Waals surface area contributed by atoms with Gasteiger partial charge in [-0.2, -0.15) is 23.3 Å². The maximum absolute atomic E-state index is 12.8. The van der Waals surface area contributed by atoms with Gasteiger partial charge in [-0.05, 0) is 49.6 Å². The largest absolute Gasteiger partial charge is 0.416 e. The van der Waals surface area contributed by atoms with Crippen LogP contribution in [0.3, 0.4) is 0 Å². The Bertz CT molecular complexity index is 1370. The van der Waals surface area contributed by atoms with Gasteiger partial charge in [-0.25, -0.2) is 4.98 Å². The molecule has 1 aliphatic carbocycles. The standard InChI is InChI=1S/C26H26F3N7O/c1-17-14-22(25-31-24(33-37-25)19-3-5-20(6-4-19)26(27,28)29)32-36(17)16-18-2-9-23(30-15-18)35-12-10-34(11-13-35)21-7-8-21/h2-6,9,14-15,21H,7-8,10-13,16H2,1H3. The molecule has 0 amide bonds. The highest BCUT2D eigenvalue weighted by Crippen LogP contribution is 2.31. The molecule has 6 rings (SSSR count). The summed E-state index contributed by atoms with van der Waals surface area (Å²) < 4.78 is 45.6. The predicted octanol–water partition coefficient (Wildman–Crippen LogP) is 4.66. The summed E-state index contributed by atoms with van der Waals surface area (Å²) in [5, 5.41) is 8.51. The van der Waals surface area contributed by atoms with Gasteiger partial charge in [0.15, 0.2) is 5.69 Å². The summed E-state index contributed by atoms with van der Waals surface area (Å²) in [4.78, 5) is 13.9. The number of anilines is 1. The zero-order valence-corrected chi connectivity index (χ0v) is 20.3. The molecule has 4 aromatic rings. The van der Waals surface area contributed by atoms with Crippen LogP contribution in [-0.4, -0.2) is 62.0 Å². The number of hydrogen-bond donors (Lipinski definition) is 0. The lowest BCUT2D eigenvalue weighted by Gasteiger charge is -2.35. The number of aromatic nitrogens is 5. The van der Waals surface area contributed by atoms with E-state index in [1.165, 1.54) is 25.0 Å². The molecule has 8 nitrogen and oxygen atoms in total. The van der Waals surface area contributed by atoms with E-state index in [-0.39, 0.29) is 11.7 Å². The number of benzene rings is 1. The summed E-state index contributed by atoms with van der Waals surface area (Å²) in [7, 11) is 0. The zero-order chi connectivity index (χ0) is 25.6. The quantitative estimate of drug-likeness (QED) is 0.374. The summed E-state index contributed by atoms with van der Waals surface area (Å²) in [5.74, 6) is 1.41. The second-order valence-electron chi connectivity index (χ2n) is 9.61. The van der Waals surface area contributed by atoms with E-state index >= 15 is 0 Å². The van der Waals surface area contributed by atoms with Crippen LogP contribution in [-0.2, 0) is 12.7 Å². The lowest BCUT2D eigenvalue weighted by Crippen LogP contribution is -2.47. The van der Waals surface area contributed by atoms with E-state index in [9.17, 15) is 13.2 Å². The lowest BCUT2D eigenvalue weighted by atomic mass is 10.1. The molecule has 2 aliphatic rings. The van der Waals surface area contributed by atoms with Crippen molar-refractivity contribution in [3.05, 3.63) is 65.5 Å². The number of rotatable bonds is 6. The highest BCUT2D eigenvalue weighted by molar-refractivity contribution is 5.58. The van der Waals surface area contributed by atoms with Crippen LogP contribution >= 0.6 is 0 Å². The SMILES string of the molecule is Cc1cc(-c2nc(-c3ccc(C(F)(F)F)cc3)no2)nn1Cc1ccc(N2CCN(C3CC3)CC2)nc1. The Morgan fingerprint density at radius 3 is 2.41 bits per heavy atom. The summed E-state index contributed by atoms with van der Waals surface area (Å²) in [6.45, 7) is 6.67. The van der Waals surface area contributed by atoms with Gasteiger partial charge >= 0.3 is 6.18 Å².